The van der Waals surface area contributed by atoms with Crippen LogP contribution < -0.4 is 0 Å². The molecule has 57 heavy (non-hydrogen) atoms. The summed E-state index contributed by atoms with van der Waals surface area (Å²) in [6, 6.07) is 0. The minimum Gasteiger partial charge on any atom is -0.462 e. The maximum atomic E-state index is 13.7. The van der Waals surface area contributed by atoms with E-state index in [0.29, 0.717) is 44.9 Å². The predicted octanol–water partition coefficient (Wildman–Crippen LogP) is 3.18. The van der Waals surface area contributed by atoms with E-state index in [2.05, 4.69) is 6.92 Å². The van der Waals surface area contributed by atoms with Gasteiger partial charge in [-0.15, -0.1) is 0 Å². The number of aliphatic hydroxyl groups is 3. The number of aliphatic hydroxyl groups excluding tert-OH is 3. The van der Waals surface area contributed by atoms with Gasteiger partial charge in [0, 0.05) is 38.4 Å². The molecule has 2 aliphatic heterocycles. The highest BCUT2D eigenvalue weighted by molar-refractivity contribution is 5.81. The minimum atomic E-state index is -1.38. The first kappa shape index (κ1) is 44.3. The first-order valence-corrected chi connectivity index (χ1v) is 20.9. The first-order chi connectivity index (χ1) is 26.8. The number of ketones is 1. The highest BCUT2D eigenvalue weighted by Crippen LogP contribution is 2.81. The Morgan fingerprint density at radius 3 is 2.21 bits per heavy atom. The van der Waals surface area contributed by atoms with Crippen molar-refractivity contribution in [2.45, 2.75) is 192 Å². The Kier molecular flexibility index (Phi) is 12.7. The summed E-state index contributed by atoms with van der Waals surface area (Å²) in [5.41, 5.74) is -2.73. The lowest BCUT2D eigenvalue weighted by Gasteiger charge is -2.61. The van der Waals surface area contributed by atoms with Gasteiger partial charge in [0.15, 0.2) is 6.29 Å². The molecule has 0 radical (unpaired) electrons. The minimum absolute atomic E-state index is 0.000901. The Bertz CT molecular complexity index is 1520. The first-order valence-electron chi connectivity index (χ1n) is 20.9. The summed E-state index contributed by atoms with van der Waals surface area (Å²) in [6.07, 6.45) is -6.19. The maximum Gasteiger partial charge on any atom is 0.309 e. The van der Waals surface area contributed by atoms with Crippen molar-refractivity contribution in [2.24, 2.45) is 34.5 Å². The van der Waals surface area contributed by atoms with Crippen LogP contribution in [0.2, 0.25) is 0 Å². The van der Waals surface area contributed by atoms with Crippen molar-refractivity contribution in [3.8, 4) is 0 Å². The fraction of sp³-hybridized carbons (Fsp3) is 0.905. The van der Waals surface area contributed by atoms with Gasteiger partial charge in [0.2, 0.25) is 0 Å². The number of rotatable bonds is 14. The molecule has 4 aliphatic carbocycles. The SMILES string of the molecule is CCC(C)C(=O)O[C@H]1C2C3(CCC4C[C@@H](OC(=O)CC(OC)C(OC5OC(C)C(O)C(OC)C5O)C(C)O)CC[C@@]42C)OC32CC[C@@H](C(C)=O)[C@@]2(C)[C@@H]1OC(C)=O. The molecule has 15 nitrogen and oxygen atoms in total. The van der Waals surface area contributed by atoms with Crippen LogP contribution in [-0.2, 0) is 57.1 Å². The number of methoxy groups -OCH3 is 2. The van der Waals surface area contributed by atoms with Gasteiger partial charge in [-0.2, -0.15) is 0 Å². The molecule has 6 aliphatic rings. The van der Waals surface area contributed by atoms with Crippen LogP contribution in [-0.4, -0.2) is 132 Å². The molecule has 0 aromatic heterocycles. The summed E-state index contributed by atoms with van der Waals surface area (Å²) in [4.78, 5) is 53.4. The topological polar surface area (TPSA) is 206 Å². The molecule has 6 rings (SSSR count). The Morgan fingerprint density at radius 2 is 1.61 bits per heavy atom. The normalized spacial score (nSPS) is 45.5. The van der Waals surface area contributed by atoms with E-state index >= 15 is 0 Å². The molecule has 2 heterocycles. The molecule has 6 fully saturated rings. The third-order valence-electron chi connectivity index (χ3n) is 15.4. The predicted molar refractivity (Wildman–Crippen MR) is 200 cm³/mol. The van der Waals surface area contributed by atoms with Gasteiger partial charge in [0.25, 0.3) is 0 Å². The van der Waals surface area contributed by atoms with Crippen LogP contribution in [0.15, 0.2) is 0 Å². The molecule has 0 aromatic rings. The van der Waals surface area contributed by atoms with Gasteiger partial charge in [-0.05, 0) is 83.5 Å². The van der Waals surface area contributed by atoms with Gasteiger partial charge in [0.1, 0.15) is 59.7 Å². The van der Waals surface area contributed by atoms with Crippen LogP contribution in [0.3, 0.4) is 0 Å². The van der Waals surface area contributed by atoms with Crippen LogP contribution >= 0.6 is 0 Å². The lowest BCUT2D eigenvalue weighted by atomic mass is 9.43. The number of Topliss-reactive ketones (excluding diaryl/α,β-unsaturated/α-hetero) is 1. The quantitative estimate of drug-likeness (QED) is 0.131. The molecule has 0 bridgehead atoms. The Hall–Kier alpha value is -2.24. The molecule has 0 aromatic carbocycles. The van der Waals surface area contributed by atoms with E-state index in [1.54, 1.807) is 13.8 Å². The smallest absolute Gasteiger partial charge is 0.309 e. The van der Waals surface area contributed by atoms with Crippen molar-refractivity contribution in [3.63, 3.8) is 0 Å². The van der Waals surface area contributed by atoms with Crippen LogP contribution in [0, 0.1) is 34.5 Å². The van der Waals surface area contributed by atoms with E-state index in [-0.39, 0.29) is 35.9 Å². The summed E-state index contributed by atoms with van der Waals surface area (Å²) in [6.45, 7) is 13.9. The van der Waals surface area contributed by atoms with E-state index in [1.807, 2.05) is 20.8 Å². The number of hydrogen-bond donors (Lipinski definition) is 3. The van der Waals surface area contributed by atoms with E-state index < -0.39 is 107 Å². The standard InChI is InChI=1S/C42H66O15/c1-11-20(2)37(49)55-34-35-39(7)15-13-26(54-29(46)19-28(50-9)32(22(4)44)56-38-31(48)33(51-10)30(47)23(5)52-38)18-25(39)12-16-41(35)42(57-41)17-14-27(21(3)43)40(42,8)36(34)53-24(6)45/h20,22-23,25-28,30-36,38,44,47-48H,11-19H2,1-10H3/t20?,22?,23?,25?,26-,27-,28?,30?,31?,32?,33?,34-,35?,36+,38?,39-,40-,41?,42?/m0/s1. The summed E-state index contributed by atoms with van der Waals surface area (Å²) < 4.78 is 48.5. The fourth-order valence-electron chi connectivity index (χ4n) is 12.2. The van der Waals surface area contributed by atoms with Crippen molar-refractivity contribution < 1.29 is 72.4 Å². The number of esters is 3. The van der Waals surface area contributed by atoms with Crippen molar-refractivity contribution in [3.05, 3.63) is 0 Å². The monoisotopic (exact) mass is 810 g/mol. The lowest BCUT2D eigenvalue weighted by molar-refractivity contribution is -0.320. The summed E-state index contributed by atoms with van der Waals surface area (Å²) >= 11 is 0. The molecule has 0 amide bonds. The summed E-state index contributed by atoms with van der Waals surface area (Å²) in [5.74, 6) is -2.54. The van der Waals surface area contributed by atoms with E-state index in [1.165, 1.54) is 28.1 Å². The molecule has 15 heteroatoms. The summed E-state index contributed by atoms with van der Waals surface area (Å²) in [5, 5.41) is 31.9. The number of carbonyl (C=O) groups excluding carboxylic acids is 4. The summed E-state index contributed by atoms with van der Waals surface area (Å²) in [7, 11) is 2.75. The number of epoxide rings is 1. The van der Waals surface area contributed by atoms with Crippen LogP contribution in [0.4, 0.5) is 0 Å². The maximum absolute atomic E-state index is 13.7. The van der Waals surface area contributed by atoms with Gasteiger partial charge >= 0.3 is 17.9 Å². The van der Waals surface area contributed by atoms with E-state index in [9.17, 15) is 34.5 Å². The van der Waals surface area contributed by atoms with Crippen LogP contribution in [0.5, 0.6) is 0 Å². The highest BCUT2D eigenvalue weighted by atomic mass is 16.7. The van der Waals surface area contributed by atoms with Crippen LogP contribution in [0.1, 0.15) is 113 Å². The Labute approximate surface area is 336 Å². The second kappa shape index (κ2) is 16.3. The van der Waals surface area contributed by atoms with Crippen molar-refractivity contribution in [1.29, 1.82) is 0 Å². The zero-order valence-electron chi connectivity index (χ0n) is 35.3. The Morgan fingerprint density at radius 1 is 0.912 bits per heavy atom. The molecule has 3 N–H and O–H groups in total. The zero-order chi connectivity index (χ0) is 42.0. The third-order valence-corrected chi connectivity index (χ3v) is 15.4. The average Bonchev–Trinajstić information content (AvgIpc) is 3.70. The molecule has 324 valence electrons. The second-order valence-electron chi connectivity index (χ2n) is 18.4. The van der Waals surface area contributed by atoms with Gasteiger partial charge in [-0.3, -0.25) is 19.2 Å². The number of ether oxygens (including phenoxy) is 8. The Balaban J connectivity index is 1.21. The molecule has 2 spiro atoms. The third kappa shape index (κ3) is 7.17. The number of carbonyl (C=O) groups is 4. The molecule has 2 saturated heterocycles. The van der Waals surface area contributed by atoms with E-state index in [0.717, 1.165) is 6.42 Å². The van der Waals surface area contributed by atoms with Gasteiger partial charge in [-0.25, -0.2) is 0 Å². The molecular formula is C42H66O15. The van der Waals surface area contributed by atoms with Crippen molar-refractivity contribution >= 4 is 23.7 Å². The van der Waals surface area contributed by atoms with Gasteiger partial charge < -0.3 is 53.2 Å². The molecule has 4 saturated carbocycles. The molecule has 13 unspecified atom stereocenters. The van der Waals surface area contributed by atoms with Crippen molar-refractivity contribution in [2.75, 3.05) is 14.2 Å². The van der Waals surface area contributed by atoms with E-state index in [4.69, 9.17) is 37.9 Å². The zero-order valence-corrected chi connectivity index (χ0v) is 35.3. The van der Waals surface area contributed by atoms with Gasteiger partial charge in [0.05, 0.1) is 30.7 Å². The van der Waals surface area contributed by atoms with Crippen molar-refractivity contribution in [1.82, 2.24) is 0 Å². The lowest BCUT2D eigenvalue weighted by Crippen LogP contribution is -2.70. The van der Waals surface area contributed by atoms with Gasteiger partial charge in [-0.1, -0.05) is 27.7 Å². The number of fused-ring (bicyclic) bond motifs is 2. The average molecular weight is 811 g/mol. The largest absolute Gasteiger partial charge is 0.462 e. The number of hydrogen-bond acceptors (Lipinski definition) is 15. The molecule has 19 atom stereocenters. The fourth-order valence-corrected chi connectivity index (χ4v) is 12.2. The highest BCUT2D eigenvalue weighted by Gasteiger charge is 2.91. The van der Waals surface area contributed by atoms with Crippen LogP contribution in [0.25, 0.3) is 0 Å². The molecular weight excluding hydrogens is 744 g/mol. The second-order valence-corrected chi connectivity index (χ2v) is 18.4.